The maximum absolute atomic E-state index is 14.7. The Morgan fingerprint density at radius 1 is 0.833 bits per heavy atom. The Morgan fingerprint density at radius 3 is 2.26 bits per heavy atom. The number of carbonyl (C=O) groups excluding carboxylic acids is 2. The van der Waals surface area contributed by atoms with E-state index in [0.29, 0.717) is 17.9 Å². The van der Waals surface area contributed by atoms with Gasteiger partial charge < -0.3 is 42.8 Å². The number of cyclic esters (lactones) is 1. The molecule has 0 bridgehead atoms. The van der Waals surface area contributed by atoms with E-state index in [1.807, 2.05) is 6.92 Å². The van der Waals surface area contributed by atoms with E-state index in [9.17, 15) is 9.59 Å². The highest BCUT2D eigenvalue weighted by Gasteiger charge is 2.53. The average Bonchev–Trinajstić information content (AvgIpc) is 3.82. The highest BCUT2D eigenvalue weighted by molar-refractivity contribution is 5.99. The minimum absolute atomic E-state index is 0.0421. The van der Waals surface area contributed by atoms with Crippen molar-refractivity contribution >= 4 is 11.8 Å². The van der Waals surface area contributed by atoms with Crippen molar-refractivity contribution in [3.63, 3.8) is 0 Å². The average molecular weight is 758 g/mol. The van der Waals surface area contributed by atoms with Gasteiger partial charge in [0.2, 0.25) is 0 Å². The van der Waals surface area contributed by atoms with Crippen LogP contribution >= 0.6 is 0 Å². The van der Waals surface area contributed by atoms with E-state index in [2.05, 4.69) is 51.1 Å². The number of likely N-dealkylation sites (N-methyl/N-ethyl adjacent to an activating group) is 1. The Balaban J connectivity index is 1.10. The van der Waals surface area contributed by atoms with Crippen LogP contribution < -0.4 is 0 Å². The molecule has 7 aliphatic rings. The molecule has 0 amide bonds. The zero-order valence-corrected chi connectivity index (χ0v) is 33.9. The molecular formula is C43H67NO10. The number of esters is 1. The number of ketones is 1. The first kappa shape index (κ1) is 40.5. The zero-order valence-electron chi connectivity index (χ0n) is 33.9. The Hall–Kier alpha value is -1.70. The van der Waals surface area contributed by atoms with E-state index in [1.54, 1.807) is 21.3 Å². The first-order valence-corrected chi connectivity index (χ1v) is 21.0. The third-order valence-electron chi connectivity index (χ3n) is 14.2. The summed E-state index contributed by atoms with van der Waals surface area (Å²) in [4.78, 5) is 30.7. The molecule has 3 heterocycles. The number of ether oxygens (including phenoxy) is 8. The first-order valence-electron chi connectivity index (χ1n) is 21.0. The number of rotatable bonds is 10. The molecule has 0 radical (unpaired) electrons. The molecule has 2 saturated carbocycles. The van der Waals surface area contributed by atoms with E-state index in [1.165, 1.54) is 0 Å². The highest BCUT2D eigenvalue weighted by Crippen LogP contribution is 2.54. The molecule has 0 spiro atoms. The summed E-state index contributed by atoms with van der Waals surface area (Å²) >= 11 is 0. The molecule has 3 saturated heterocycles. The van der Waals surface area contributed by atoms with E-state index >= 15 is 0 Å². The number of hydrogen-bond acceptors (Lipinski definition) is 11. The standard InChI is InChI=1S/C43H67NO10/c1-9-34-40(47-6)41(48-7)42(49-8)43(54-34)51-27-19-26-15-16-28-30(29(26)20-27)21-32-31(28)22-37(45)52-36(25-13-14-25)12-10-11-35(23(2)39(32)46)53-38-18-17-33(44(4)5)24(3)50-38/h15-16,21,23-31,33-36,38,40-43H,9-14,17-20,22H2,1-8H3/t23?,24-,26?,27?,28?,29?,30?,31?,33-,34+,35?,36?,38?,40?,41?,42?,43?/m1/s1. The molecule has 11 heteroatoms. The molecule has 54 heavy (non-hydrogen) atoms. The number of nitrogens with zero attached hydrogens (tertiary/aromatic N) is 1. The molecule has 11 nitrogen and oxygen atoms in total. The molecule has 5 fully saturated rings. The first-order chi connectivity index (χ1) is 26.0. The quantitative estimate of drug-likeness (QED) is 0.197. The summed E-state index contributed by atoms with van der Waals surface area (Å²) in [5.41, 5.74) is 0.779. The lowest BCUT2D eigenvalue weighted by Crippen LogP contribution is -2.60. The largest absolute Gasteiger partial charge is 0.462 e. The molecule has 0 aromatic carbocycles. The van der Waals surface area contributed by atoms with Gasteiger partial charge in [0.05, 0.1) is 30.8 Å². The van der Waals surface area contributed by atoms with Crippen LogP contribution in [0.2, 0.25) is 0 Å². The predicted molar refractivity (Wildman–Crippen MR) is 201 cm³/mol. The summed E-state index contributed by atoms with van der Waals surface area (Å²) < 4.78 is 50.3. The van der Waals surface area contributed by atoms with Crippen LogP contribution in [0.4, 0.5) is 0 Å². The number of Topliss-reactive ketones (excluding diaryl/α,β-unsaturated/α-hetero) is 1. The van der Waals surface area contributed by atoms with E-state index in [0.717, 1.165) is 69.8 Å². The molecule has 17 atom stereocenters. The number of methoxy groups -OCH3 is 3. The van der Waals surface area contributed by atoms with Crippen LogP contribution in [0.25, 0.3) is 0 Å². The van der Waals surface area contributed by atoms with E-state index in [4.69, 9.17) is 37.9 Å². The van der Waals surface area contributed by atoms with Gasteiger partial charge in [-0.2, -0.15) is 0 Å². The second kappa shape index (κ2) is 17.4. The second-order valence-electron chi connectivity index (χ2n) is 17.6. The third kappa shape index (κ3) is 8.31. The summed E-state index contributed by atoms with van der Waals surface area (Å²) in [6.07, 6.45) is 13.4. The van der Waals surface area contributed by atoms with Crippen molar-refractivity contribution in [3.8, 4) is 0 Å². The minimum Gasteiger partial charge on any atom is -0.462 e. The molecule has 3 aliphatic heterocycles. The van der Waals surface area contributed by atoms with Gasteiger partial charge >= 0.3 is 5.97 Å². The lowest BCUT2D eigenvalue weighted by atomic mass is 9.70. The van der Waals surface area contributed by atoms with Gasteiger partial charge in [-0.15, -0.1) is 0 Å². The van der Waals surface area contributed by atoms with Gasteiger partial charge in [0.15, 0.2) is 18.4 Å². The SMILES string of the molecule is CC[C@@H]1OC(OC2CC3C=CC4C5CC(=O)OC(C6CC6)CCCC(OC6CC[C@@H](N(C)C)[C@@H](C)O6)C(C)C(=O)C5=CC4C3C2)C(OC)C(OC)C1OC. The lowest BCUT2D eigenvalue weighted by Gasteiger charge is -2.45. The Kier molecular flexibility index (Phi) is 13.1. The molecule has 14 unspecified atom stereocenters. The second-order valence-corrected chi connectivity index (χ2v) is 17.6. The van der Waals surface area contributed by atoms with Crippen molar-refractivity contribution in [1.29, 1.82) is 0 Å². The molecule has 7 rings (SSSR count). The van der Waals surface area contributed by atoms with Gasteiger partial charge in [-0.05, 0) is 120 Å². The molecule has 304 valence electrons. The predicted octanol–water partition coefficient (Wildman–Crippen LogP) is 5.88. The normalized spacial score (nSPS) is 45.9. The number of carbonyl (C=O) groups is 2. The lowest BCUT2D eigenvalue weighted by molar-refractivity contribution is -0.317. The monoisotopic (exact) mass is 757 g/mol. The molecule has 0 aromatic rings. The van der Waals surface area contributed by atoms with Gasteiger partial charge in [0.1, 0.15) is 24.4 Å². The molecule has 4 aliphatic carbocycles. The molecule has 0 N–H and O–H groups in total. The van der Waals surface area contributed by atoms with Crippen LogP contribution in [0.3, 0.4) is 0 Å². The summed E-state index contributed by atoms with van der Waals surface area (Å²) in [6, 6.07) is 0.342. The van der Waals surface area contributed by atoms with Crippen LogP contribution in [0.5, 0.6) is 0 Å². The van der Waals surface area contributed by atoms with Gasteiger partial charge in [0, 0.05) is 39.2 Å². The maximum atomic E-state index is 14.7. The molecular weight excluding hydrogens is 690 g/mol. The highest BCUT2D eigenvalue weighted by atomic mass is 16.7. The Bertz CT molecular complexity index is 1370. The zero-order chi connectivity index (χ0) is 38.3. The summed E-state index contributed by atoms with van der Waals surface area (Å²) in [6.45, 7) is 6.23. The van der Waals surface area contributed by atoms with Gasteiger partial charge in [-0.1, -0.05) is 32.1 Å². The molecule has 0 aromatic heterocycles. The maximum Gasteiger partial charge on any atom is 0.306 e. The van der Waals surface area contributed by atoms with Gasteiger partial charge in [-0.3, -0.25) is 9.59 Å². The number of allylic oxidation sites excluding steroid dienone is 4. The van der Waals surface area contributed by atoms with Crippen LogP contribution in [-0.2, 0) is 47.5 Å². The summed E-state index contributed by atoms with van der Waals surface area (Å²) in [7, 11) is 9.22. The fourth-order valence-electron chi connectivity index (χ4n) is 11.1. The van der Waals surface area contributed by atoms with Crippen molar-refractivity contribution in [2.75, 3.05) is 35.4 Å². The minimum atomic E-state index is -0.586. The Morgan fingerprint density at radius 2 is 1.59 bits per heavy atom. The van der Waals surface area contributed by atoms with Crippen molar-refractivity contribution < 1.29 is 47.5 Å². The van der Waals surface area contributed by atoms with Gasteiger partial charge in [-0.25, -0.2) is 0 Å². The number of hydrogen-bond donors (Lipinski definition) is 0. The van der Waals surface area contributed by atoms with E-state index < -0.39 is 12.4 Å². The van der Waals surface area contributed by atoms with Crippen molar-refractivity contribution in [3.05, 3.63) is 23.8 Å². The van der Waals surface area contributed by atoms with E-state index in [-0.39, 0.29) is 96.8 Å². The fourth-order valence-corrected chi connectivity index (χ4v) is 11.1. The smallest absolute Gasteiger partial charge is 0.306 e. The number of fused-ring (bicyclic) bond motifs is 5. The summed E-state index contributed by atoms with van der Waals surface area (Å²) in [5.74, 6) is 0.554. The topological polar surface area (TPSA) is 111 Å². The van der Waals surface area contributed by atoms with Gasteiger partial charge in [0.25, 0.3) is 0 Å². The van der Waals surface area contributed by atoms with Crippen LogP contribution in [0, 0.1) is 41.4 Å². The van der Waals surface area contributed by atoms with Crippen molar-refractivity contribution in [1.82, 2.24) is 4.90 Å². The summed E-state index contributed by atoms with van der Waals surface area (Å²) in [5, 5.41) is 0. The van der Waals surface area contributed by atoms with Crippen molar-refractivity contribution in [2.24, 2.45) is 41.4 Å². The van der Waals surface area contributed by atoms with Crippen molar-refractivity contribution in [2.45, 2.75) is 159 Å². The third-order valence-corrected chi connectivity index (χ3v) is 14.2. The van der Waals surface area contributed by atoms with Crippen LogP contribution in [0.1, 0.15) is 91.4 Å². The fraction of sp³-hybridized carbons (Fsp3) is 0.860. The van der Waals surface area contributed by atoms with Crippen LogP contribution in [0.15, 0.2) is 23.8 Å². The Labute approximate surface area is 323 Å². The van der Waals surface area contributed by atoms with Crippen LogP contribution in [-0.4, -0.2) is 120 Å².